The molecule has 1 aromatic heterocycles. The summed E-state index contributed by atoms with van der Waals surface area (Å²) in [7, 11) is 0. The monoisotopic (exact) mass is 294 g/mol. The molecule has 0 atom stereocenters. The molecule has 20 heavy (non-hydrogen) atoms. The van der Waals surface area contributed by atoms with Crippen molar-refractivity contribution in [3.63, 3.8) is 0 Å². The van der Waals surface area contributed by atoms with E-state index in [4.69, 9.17) is 0 Å². The topological polar surface area (TPSA) is 31.4 Å². The quantitative estimate of drug-likeness (QED) is 0.913. The van der Waals surface area contributed by atoms with E-state index >= 15 is 0 Å². The number of nitrogens with zero attached hydrogens (tertiary/aromatic N) is 3. The Hall–Kier alpha value is -0.490. The second-order valence-corrected chi connectivity index (χ2v) is 7.44. The first kappa shape index (κ1) is 14.4. The molecule has 0 amide bonds. The lowest BCUT2D eigenvalue weighted by atomic mass is 9.97. The first-order valence-electron chi connectivity index (χ1n) is 7.86. The number of rotatable bonds is 4. The summed E-state index contributed by atoms with van der Waals surface area (Å²) in [6.07, 6.45) is 4.77. The van der Waals surface area contributed by atoms with Crippen molar-refractivity contribution in [3.8, 4) is 0 Å². The molecule has 2 aliphatic heterocycles. The molecule has 5 heteroatoms. The summed E-state index contributed by atoms with van der Waals surface area (Å²) < 4.78 is 0. The molecular weight excluding hydrogens is 268 g/mol. The molecule has 112 valence electrons. The smallest absolute Gasteiger partial charge is 0.0897 e. The molecule has 0 bridgehead atoms. The van der Waals surface area contributed by atoms with Gasteiger partial charge in [0.05, 0.1) is 5.01 Å². The highest BCUT2D eigenvalue weighted by molar-refractivity contribution is 7.11. The number of hydrogen-bond donors (Lipinski definition) is 1. The van der Waals surface area contributed by atoms with E-state index in [9.17, 15) is 0 Å². The third-order valence-electron chi connectivity index (χ3n) is 4.49. The molecule has 2 saturated heterocycles. The van der Waals surface area contributed by atoms with Gasteiger partial charge in [-0.3, -0.25) is 4.90 Å². The van der Waals surface area contributed by atoms with Gasteiger partial charge >= 0.3 is 0 Å². The van der Waals surface area contributed by atoms with Crippen molar-refractivity contribution in [3.05, 3.63) is 16.1 Å². The molecule has 4 nitrogen and oxygen atoms in total. The molecule has 0 radical (unpaired) electrons. The van der Waals surface area contributed by atoms with Crippen LogP contribution in [0.25, 0.3) is 0 Å². The van der Waals surface area contributed by atoms with Gasteiger partial charge in [-0.25, -0.2) is 4.98 Å². The first-order valence-corrected chi connectivity index (χ1v) is 8.68. The highest BCUT2D eigenvalue weighted by Crippen LogP contribution is 2.17. The fourth-order valence-electron chi connectivity index (χ4n) is 3.26. The summed E-state index contributed by atoms with van der Waals surface area (Å²) in [5.74, 6) is 0.923. The zero-order chi connectivity index (χ0) is 13.8. The summed E-state index contributed by atoms with van der Waals surface area (Å²) >= 11 is 1.84. The van der Waals surface area contributed by atoms with Crippen molar-refractivity contribution in [1.82, 2.24) is 20.1 Å². The number of aromatic nitrogens is 1. The van der Waals surface area contributed by atoms with Crippen molar-refractivity contribution in [1.29, 1.82) is 0 Å². The number of aryl methyl sites for hydroxylation is 1. The third-order valence-corrected chi connectivity index (χ3v) is 5.39. The summed E-state index contributed by atoms with van der Waals surface area (Å²) in [5, 5.41) is 4.64. The van der Waals surface area contributed by atoms with E-state index in [1.807, 2.05) is 17.5 Å². The van der Waals surface area contributed by atoms with Gasteiger partial charge in [0, 0.05) is 50.3 Å². The maximum Gasteiger partial charge on any atom is 0.0897 e. The maximum absolute atomic E-state index is 4.35. The summed E-state index contributed by atoms with van der Waals surface area (Å²) in [6, 6.07) is 0. The van der Waals surface area contributed by atoms with Crippen LogP contribution in [0.15, 0.2) is 6.20 Å². The Balaban J connectivity index is 1.40. The van der Waals surface area contributed by atoms with Crippen LogP contribution in [0.2, 0.25) is 0 Å². The van der Waals surface area contributed by atoms with Crippen molar-refractivity contribution in [2.75, 3.05) is 45.8 Å². The number of hydrogen-bond acceptors (Lipinski definition) is 5. The van der Waals surface area contributed by atoms with Gasteiger partial charge in [0.15, 0.2) is 0 Å². The highest BCUT2D eigenvalue weighted by Gasteiger charge is 2.21. The Bertz CT molecular complexity index is 406. The highest BCUT2D eigenvalue weighted by atomic mass is 32.1. The lowest BCUT2D eigenvalue weighted by molar-refractivity contribution is 0.107. The fraction of sp³-hybridized carbons (Fsp3) is 0.800. The molecule has 0 unspecified atom stereocenters. The van der Waals surface area contributed by atoms with Crippen LogP contribution in [-0.4, -0.2) is 60.6 Å². The Kier molecular flexibility index (Phi) is 5.04. The molecule has 2 fully saturated rings. The largest absolute Gasteiger partial charge is 0.317 e. The molecule has 0 saturated carbocycles. The van der Waals surface area contributed by atoms with E-state index in [1.165, 1.54) is 68.5 Å². The zero-order valence-corrected chi connectivity index (χ0v) is 13.3. The summed E-state index contributed by atoms with van der Waals surface area (Å²) in [6.45, 7) is 11.8. The van der Waals surface area contributed by atoms with Crippen LogP contribution >= 0.6 is 11.3 Å². The van der Waals surface area contributed by atoms with E-state index in [0.717, 1.165) is 12.5 Å². The average molecular weight is 294 g/mol. The van der Waals surface area contributed by atoms with Crippen molar-refractivity contribution >= 4 is 11.3 Å². The number of nitrogens with one attached hydrogen (secondary N) is 1. The van der Waals surface area contributed by atoms with Gasteiger partial charge in [-0.2, -0.15) is 0 Å². The van der Waals surface area contributed by atoms with Crippen molar-refractivity contribution in [2.45, 2.75) is 26.3 Å². The van der Waals surface area contributed by atoms with E-state index in [2.05, 4.69) is 27.0 Å². The predicted molar refractivity (Wildman–Crippen MR) is 84.2 cm³/mol. The van der Waals surface area contributed by atoms with E-state index in [1.54, 1.807) is 0 Å². The van der Waals surface area contributed by atoms with Crippen LogP contribution < -0.4 is 5.32 Å². The van der Waals surface area contributed by atoms with Gasteiger partial charge in [-0.1, -0.05) is 0 Å². The standard InChI is InChI=1S/C15H26N4S/c1-13-17-10-15(20-13)12-19-8-6-18(7-9-19)11-14-2-4-16-5-3-14/h10,14,16H,2-9,11-12H2,1H3. The van der Waals surface area contributed by atoms with Crippen LogP contribution in [0, 0.1) is 12.8 Å². The van der Waals surface area contributed by atoms with Crippen LogP contribution in [0.3, 0.4) is 0 Å². The number of piperazine rings is 1. The van der Waals surface area contributed by atoms with Gasteiger partial charge in [0.2, 0.25) is 0 Å². The lowest BCUT2D eigenvalue weighted by Gasteiger charge is -2.37. The Labute approximate surface area is 126 Å². The SMILES string of the molecule is Cc1ncc(CN2CCN(CC3CCNCC3)CC2)s1. The van der Waals surface area contributed by atoms with E-state index < -0.39 is 0 Å². The lowest BCUT2D eigenvalue weighted by Crippen LogP contribution is -2.48. The molecule has 1 N–H and O–H groups in total. The molecule has 3 heterocycles. The Morgan fingerprint density at radius 1 is 1.20 bits per heavy atom. The van der Waals surface area contributed by atoms with Crippen LogP contribution in [-0.2, 0) is 6.54 Å². The van der Waals surface area contributed by atoms with Crippen LogP contribution in [0.4, 0.5) is 0 Å². The fourth-order valence-corrected chi connectivity index (χ4v) is 4.10. The van der Waals surface area contributed by atoms with Crippen molar-refractivity contribution < 1.29 is 0 Å². The molecule has 0 spiro atoms. The second kappa shape index (κ2) is 6.98. The molecule has 3 rings (SSSR count). The second-order valence-electron chi connectivity index (χ2n) is 6.12. The summed E-state index contributed by atoms with van der Waals surface area (Å²) in [5.41, 5.74) is 0. The maximum atomic E-state index is 4.35. The molecule has 0 aliphatic carbocycles. The average Bonchev–Trinajstić information content (AvgIpc) is 2.88. The third kappa shape index (κ3) is 4.01. The Morgan fingerprint density at radius 2 is 1.90 bits per heavy atom. The van der Waals surface area contributed by atoms with E-state index in [0.29, 0.717) is 0 Å². The minimum atomic E-state index is 0.923. The van der Waals surface area contributed by atoms with Gasteiger partial charge in [-0.05, 0) is 38.8 Å². The molecule has 1 aromatic rings. The molecular formula is C15H26N4S. The minimum Gasteiger partial charge on any atom is -0.317 e. The van der Waals surface area contributed by atoms with Gasteiger partial charge in [0.25, 0.3) is 0 Å². The normalized spacial score (nSPS) is 23.2. The van der Waals surface area contributed by atoms with Crippen molar-refractivity contribution in [2.24, 2.45) is 5.92 Å². The minimum absolute atomic E-state index is 0.923. The van der Waals surface area contributed by atoms with Gasteiger partial charge in [-0.15, -0.1) is 11.3 Å². The first-order chi connectivity index (χ1) is 9.79. The number of piperidine rings is 1. The van der Waals surface area contributed by atoms with Gasteiger partial charge in [0.1, 0.15) is 0 Å². The molecule has 0 aromatic carbocycles. The van der Waals surface area contributed by atoms with Crippen LogP contribution in [0.1, 0.15) is 22.7 Å². The molecule has 2 aliphatic rings. The summed E-state index contributed by atoms with van der Waals surface area (Å²) in [4.78, 5) is 11.0. The Morgan fingerprint density at radius 3 is 2.55 bits per heavy atom. The van der Waals surface area contributed by atoms with Crippen LogP contribution in [0.5, 0.6) is 0 Å². The van der Waals surface area contributed by atoms with Gasteiger partial charge < -0.3 is 10.2 Å². The zero-order valence-electron chi connectivity index (χ0n) is 12.5. The van der Waals surface area contributed by atoms with E-state index in [-0.39, 0.29) is 0 Å². The number of thiazole rings is 1. The predicted octanol–water partition coefficient (Wildman–Crippen LogP) is 1.57.